The van der Waals surface area contributed by atoms with Crippen LogP contribution in [-0.4, -0.2) is 304 Å². The topological polar surface area (TPSA) is 504 Å². The van der Waals surface area contributed by atoms with E-state index >= 15 is 0 Å². The summed E-state index contributed by atoms with van der Waals surface area (Å²) in [5.74, 6) is 3.74. The van der Waals surface area contributed by atoms with Crippen molar-refractivity contribution in [3.8, 4) is 11.5 Å². The van der Waals surface area contributed by atoms with Crippen LogP contribution in [-0.2, 0) is 20.4 Å². The zero-order valence-electron chi connectivity index (χ0n) is 78.6. The molecule has 3 radical (unpaired) electrons. The summed E-state index contributed by atoms with van der Waals surface area (Å²) in [6.45, 7) is 38.9. The molecule has 0 saturated heterocycles. The van der Waals surface area contributed by atoms with Gasteiger partial charge < -0.3 is 132 Å². The average molecular weight is 2190 g/mol. The first kappa shape index (κ1) is 140. The molecule has 0 fully saturated rings. The molecule has 0 atom stereocenters. The van der Waals surface area contributed by atoms with Crippen LogP contribution in [0.15, 0.2) is 78.9 Å². The second-order valence-corrected chi connectivity index (χ2v) is 34.9. The molecule has 0 unspecified atom stereocenters. The molecule has 721 valence electrons. The summed E-state index contributed by atoms with van der Waals surface area (Å²) in [5.41, 5.74) is -0.778. The number of aliphatic hydroxyl groups excluding tert-OH is 24. The molecule has 29 heteroatoms. The van der Waals surface area contributed by atoms with Gasteiger partial charge in [-0.25, -0.2) is 0 Å². The van der Waals surface area contributed by atoms with E-state index in [4.69, 9.17) is 112 Å². The van der Waals surface area contributed by atoms with E-state index in [0.29, 0.717) is 52.8 Å². The largest absolute Gasteiger partial charge is 0.491 e. The first-order chi connectivity index (χ1) is 56.3. The molecule has 0 spiro atoms. The van der Waals surface area contributed by atoms with E-state index in [2.05, 4.69) is 62.3 Å². The Labute approximate surface area is 743 Å². The van der Waals surface area contributed by atoms with Crippen molar-refractivity contribution < 1.29 is 152 Å². The first-order valence-corrected chi connectivity index (χ1v) is 44.2. The van der Waals surface area contributed by atoms with E-state index in [1.807, 2.05) is 127 Å². The molecule has 0 aromatic heterocycles. The number of hydrogen-bond donors (Lipinski definition) is 24. The normalized spacial score (nSPS) is 11.1. The Bertz CT molecular complexity index is 2300. The summed E-state index contributed by atoms with van der Waals surface area (Å²) in [7, 11) is 0.564. The molecule has 0 amide bonds. The number of unbranched alkanes of at least 4 members (excludes halogenated alkanes) is 2. The molecule has 26 nitrogen and oxygen atoms in total. The fourth-order valence-corrected chi connectivity index (χ4v) is 10.9. The number of ether oxygens (including phenoxy) is 2. The molecule has 0 saturated carbocycles. The van der Waals surface area contributed by atoms with Gasteiger partial charge in [-0.2, -0.15) is 0 Å². The third-order valence-electron chi connectivity index (χ3n) is 19.7. The van der Waals surface area contributed by atoms with Gasteiger partial charge in [-0.15, -0.1) is 0 Å². The predicted molar refractivity (Wildman–Crippen MR) is 484 cm³/mol. The van der Waals surface area contributed by atoms with Crippen molar-refractivity contribution in [2.24, 2.45) is 61.6 Å². The van der Waals surface area contributed by atoms with Gasteiger partial charge in [-0.3, -0.25) is 0 Å². The van der Waals surface area contributed by atoms with Crippen molar-refractivity contribution in [3.63, 3.8) is 0 Å². The monoisotopic (exact) mass is 2190 g/mol. The summed E-state index contributed by atoms with van der Waals surface area (Å²) >= 11 is 0. The Balaban J connectivity index is -0.000000124. The number of aliphatic hydroxyl groups is 24. The van der Waals surface area contributed by atoms with Gasteiger partial charge in [0.25, 0.3) is 0 Å². The second kappa shape index (κ2) is 93.8. The Morgan fingerprint density at radius 2 is 0.636 bits per heavy atom. The Morgan fingerprint density at radius 3 is 0.818 bits per heavy atom. The summed E-state index contributed by atoms with van der Waals surface area (Å²) in [5, 5.41) is 210. The minimum Gasteiger partial charge on any atom is -0.491 e. The van der Waals surface area contributed by atoms with Gasteiger partial charge in [-0.05, 0) is 137 Å². The molecule has 3 rings (SSSR count). The van der Waals surface area contributed by atoms with Crippen LogP contribution in [0.25, 0.3) is 0 Å². The van der Waals surface area contributed by atoms with Crippen LogP contribution in [0, 0.1) is 61.6 Å². The number of benzene rings is 3. The molecule has 3 aromatic carbocycles. The van der Waals surface area contributed by atoms with Gasteiger partial charge >= 0.3 is 0 Å². The van der Waals surface area contributed by atoms with E-state index in [1.165, 1.54) is 10.4 Å². The zero-order valence-corrected chi connectivity index (χ0v) is 88.8. The van der Waals surface area contributed by atoms with Crippen molar-refractivity contribution in [1.29, 1.82) is 0 Å². The summed E-state index contributed by atoms with van der Waals surface area (Å²) in [4.78, 5) is 0. The van der Waals surface area contributed by atoms with Crippen LogP contribution in [0.5, 0.6) is 11.5 Å². The van der Waals surface area contributed by atoms with Crippen LogP contribution in [0.3, 0.4) is 0 Å². The minimum absolute atomic E-state index is 0. The van der Waals surface area contributed by atoms with E-state index in [9.17, 15) is 20.4 Å². The van der Waals surface area contributed by atoms with Crippen LogP contribution in [0.2, 0.25) is 0 Å². The standard InChI is InChI=1S/C16H18O4Si.C13H28O2.C11H24O2.C9H12O2.C9H20O2.2C7H16O2.C6H14O2.C5H12O2.C4H10O2.C3H8O2.C2H6O2.Re.Rf/c17-9-11-19-13-1-5-15(6-2-13)21-16-7-3-14(4-8-16)20-12-10-18;1-11(2)5-7-13(9-14,10-15)8-6-12(3)4;1-9(2)5-11(7-12,8-13)6-10(3)4;10-6-9(7-11)8-4-2-1-3-5-8;1-3-5-6-9(4-2,7-10)8-11;1-3-4-7(2,5-8)6-9;1-3-7(4-2,5-8)6-9;1-3-6(2,4-7)5-8;1-5(2,3-6)4-7;5-3-1-2-4-6;4-2-1-3-5;3-1-2-4;;/h1-8,17-18H,9-12H2;11-12,14-15H,5-10H2,1-4H3;9-10,12-13H,5-8H2,1-4H3;1-5,9-11H,6-7H2;10-11H,3-8H2,1-2H3;2*8-9H,3-6H2,1-2H3;7-8H,3-5H2,1-2H3;6-7H,3-4H2,1-2H3;5-6H,1-4H2;4-5H,1-3H2;3-4H,1-2H2;;. The van der Waals surface area contributed by atoms with Gasteiger partial charge in [0.15, 0.2) is 0 Å². The van der Waals surface area contributed by atoms with Gasteiger partial charge in [-0.1, -0.05) is 222 Å². The molecular formula is C92H184O26ReRfSi. The molecule has 0 heterocycles. The molecule has 0 aliphatic carbocycles. The van der Waals surface area contributed by atoms with Crippen LogP contribution >= 0.6 is 0 Å². The Hall–Kier alpha value is -3.82. The van der Waals surface area contributed by atoms with Gasteiger partial charge in [0.05, 0.1) is 132 Å². The average Bonchev–Trinajstić information content (AvgIpc) is 0.886. The van der Waals surface area contributed by atoms with E-state index in [-0.39, 0.29) is 223 Å². The minimum atomic E-state index is -0.306. The first-order valence-electron chi connectivity index (χ1n) is 43.2. The Morgan fingerprint density at radius 1 is 0.306 bits per heavy atom. The maximum absolute atomic E-state index is 9.44. The van der Waals surface area contributed by atoms with Gasteiger partial charge in [0.2, 0.25) is 0 Å². The third-order valence-corrected chi connectivity index (χ3v) is 20.9. The van der Waals surface area contributed by atoms with Gasteiger partial charge in [0.1, 0.15) is 34.2 Å². The SMILES string of the molecule is CC(C)(CO)CO.CC(C)CC(CO)(CO)CC(C)C.CC(C)CCC(CO)(CO)CCC(C)C.CCC(C)(CO)CO.CCC(CC)(CO)CO.CCCC(C)(CO)CO.CCCCC(CC)(CO)CO.OCC(CO)c1ccccc1.OCCCCO.OCCCO.OCCO.OCCOc1ccc([Si]c2ccc(OCCO)cc2)cc1.[Re].[Rf]. The molecule has 0 aliphatic rings. The maximum atomic E-state index is 9.44. The predicted octanol–water partition coefficient (Wildman–Crippen LogP) is 7.30. The maximum Gasteiger partial charge on any atom is 0.121 e. The van der Waals surface area contributed by atoms with Gasteiger partial charge in [0, 0.05) is 90.7 Å². The molecule has 3 aromatic rings. The summed E-state index contributed by atoms with van der Waals surface area (Å²) in [6.07, 6.45) is 16.2. The zero-order chi connectivity index (χ0) is 93.7. The molecule has 0 aliphatic heterocycles. The summed E-state index contributed by atoms with van der Waals surface area (Å²) in [6, 6.07) is 25.3. The molecule has 24 N–H and O–H groups in total. The number of hydrogen-bond acceptors (Lipinski definition) is 26. The van der Waals surface area contributed by atoms with E-state index in [0.717, 1.165) is 126 Å². The Kier molecular flexibility index (Phi) is 109. The summed E-state index contributed by atoms with van der Waals surface area (Å²) < 4.78 is 10.7. The molecular weight excluding hydrogens is 2000 g/mol. The number of rotatable bonds is 50. The second-order valence-electron chi connectivity index (χ2n) is 33.5. The van der Waals surface area contributed by atoms with Crippen LogP contribution < -0.4 is 19.8 Å². The third kappa shape index (κ3) is 82.9. The fraction of sp³-hybridized carbons (Fsp3) is 0.804. The van der Waals surface area contributed by atoms with E-state index < -0.39 is 0 Å². The molecule has 0 bridgehead atoms. The van der Waals surface area contributed by atoms with Crippen molar-refractivity contribution in [2.75, 3.05) is 172 Å². The van der Waals surface area contributed by atoms with E-state index in [1.54, 1.807) is 13.8 Å². The van der Waals surface area contributed by atoms with Crippen molar-refractivity contribution in [3.05, 3.63) is 84.4 Å². The van der Waals surface area contributed by atoms with Crippen molar-refractivity contribution in [1.82, 2.24) is 0 Å². The fourth-order valence-electron chi connectivity index (χ4n) is 9.90. The van der Waals surface area contributed by atoms with Crippen LogP contribution in [0.1, 0.15) is 252 Å². The van der Waals surface area contributed by atoms with Crippen molar-refractivity contribution >= 4 is 19.9 Å². The van der Waals surface area contributed by atoms with Crippen LogP contribution in [0.4, 0.5) is 0 Å². The quantitative estimate of drug-likeness (QED) is 0.0195. The van der Waals surface area contributed by atoms with Crippen molar-refractivity contribution in [2.45, 2.75) is 246 Å². The smallest absolute Gasteiger partial charge is 0.121 e. The molecule has 121 heavy (non-hydrogen) atoms.